The molecule has 0 radical (unpaired) electrons. The number of hydrogen-bond donors (Lipinski definition) is 0. The van der Waals surface area contributed by atoms with Crippen molar-refractivity contribution in [3.05, 3.63) is 12.7 Å². The first-order valence-electron chi connectivity index (χ1n) is 4.01. The maximum absolute atomic E-state index is 12.5. The van der Waals surface area contributed by atoms with E-state index in [-0.39, 0.29) is 5.78 Å². The lowest BCUT2D eigenvalue weighted by Gasteiger charge is -2.00. The second kappa shape index (κ2) is 6.08. The van der Waals surface area contributed by atoms with Gasteiger partial charge in [-0.15, -0.1) is 0 Å². The Morgan fingerprint density at radius 1 is 1.64 bits per heavy atom. The monoisotopic (exact) mass is 158 g/mol. The van der Waals surface area contributed by atoms with Gasteiger partial charge in [0.25, 0.3) is 0 Å². The normalized spacial score (nSPS) is 12.5. The lowest BCUT2D eigenvalue weighted by molar-refractivity contribution is -0.122. The fourth-order valence-electron chi connectivity index (χ4n) is 0.819. The first kappa shape index (κ1) is 10.3. The van der Waals surface area contributed by atoms with Gasteiger partial charge < -0.3 is 0 Å². The third-order valence-corrected chi connectivity index (χ3v) is 1.54. The third kappa shape index (κ3) is 4.71. The van der Waals surface area contributed by atoms with Crippen LogP contribution in [0.1, 0.15) is 32.6 Å². The highest BCUT2D eigenvalue weighted by molar-refractivity contribution is 5.84. The molecule has 11 heavy (non-hydrogen) atoms. The summed E-state index contributed by atoms with van der Waals surface area (Å²) in [7, 11) is 0. The summed E-state index contributed by atoms with van der Waals surface area (Å²) in [5.74, 6) is -0.339. The number of unbranched alkanes of at least 4 members (excludes halogenated alkanes) is 2. The zero-order chi connectivity index (χ0) is 8.69. The van der Waals surface area contributed by atoms with Crippen LogP contribution < -0.4 is 0 Å². The zero-order valence-corrected chi connectivity index (χ0v) is 6.98. The van der Waals surface area contributed by atoms with Crippen LogP contribution in [0.5, 0.6) is 0 Å². The first-order chi connectivity index (χ1) is 5.22. The number of rotatable bonds is 6. The number of carbonyl (C=O) groups excluding carboxylic acids is 1. The number of ketones is 1. The van der Waals surface area contributed by atoms with Crippen LogP contribution in [-0.2, 0) is 4.79 Å². The number of carbonyl (C=O) groups is 1. The molecule has 1 nitrogen and oxygen atoms in total. The Labute approximate surface area is 67.3 Å². The minimum absolute atomic E-state index is 0.339. The predicted octanol–water partition coefficient (Wildman–Crippen LogP) is 2.66. The topological polar surface area (TPSA) is 17.1 Å². The molecule has 0 aromatic heterocycles. The molecule has 0 aromatic carbocycles. The standard InChI is InChI=1S/C9H15FO/c1-3-5-6-7-9(11)8(10)4-2/h4,8H,2-3,5-7H2,1H3. The van der Waals surface area contributed by atoms with Gasteiger partial charge in [0.2, 0.25) is 0 Å². The minimum Gasteiger partial charge on any atom is -0.296 e. The molecule has 1 unspecified atom stereocenters. The van der Waals surface area contributed by atoms with Gasteiger partial charge in [0.15, 0.2) is 12.0 Å². The van der Waals surface area contributed by atoms with Crippen molar-refractivity contribution in [3.8, 4) is 0 Å². The SMILES string of the molecule is C=CC(F)C(=O)CCCCC. The molecule has 0 saturated heterocycles. The van der Waals surface area contributed by atoms with Crippen LogP contribution in [0.25, 0.3) is 0 Å². The van der Waals surface area contributed by atoms with E-state index >= 15 is 0 Å². The maximum atomic E-state index is 12.5. The Kier molecular flexibility index (Phi) is 5.71. The fraction of sp³-hybridized carbons (Fsp3) is 0.667. The van der Waals surface area contributed by atoms with Crippen molar-refractivity contribution in [2.45, 2.75) is 38.8 Å². The van der Waals surface area contributed by atoms with E-state index in [1.807, 2.05) is 6.92 Å². The molecule has 0 amide bonds. The van der Waals surface area contributed by atoms with Crippen LogP contribution in [0.15, 0.2) is 12.7 Å². The molecule has 1 atom stereocenters. The molecule has 64 valence electrons. The van der Waals surface area contributed by atoms with E-state index in [1.54, 1.807) is 0 Å². The van der Waals surface area contributed by atoms with Crippen LogP contribution in [0.3, 0.4) is 0 Å². The Bertz CT molecular complexity index is 132. The molecule has 0 rings (SSSR count). The van der Waals surface area contributed by atoms with E-state index in [9.17, 15) is 9.18 Å². The predicted molar refractivity (Wildman–Crippen MR) is 44.2 cm³/mol. The van der Waals surface area contributed by atoms with Crippen molar-refractivity contribution in [1.82, 2.24) is 0 Å². The molecule has 2 heteroatoms. The molecule has 0 N–H and O–H groups in total. The van der Waals surface area contributed by atoms with Crippen LogP contribution in [-0.4, -0.2) is 12.0 Å². The van der Waals surface area contributed by atoms with Gasteiger partial charge in [-0.1, -0.05) is 32.4 Å². The van der Waals surface area contributed by atoms with Gasteiger partial charge in [0, 0.05) is 6.42 Å². The number of hydrogen-bond acceptors (Lipinski definition) is 1. The fourth-order valence-corrected chi connectivity index (χ4v) is 0.819. The summed E-state index contributed by atoms with van der Waals surface area (Å²) in [6, 6.07) is 0. The Hall–Kier alpha value is -0.660. The molecule has 0 fully saturated rings. The zero-order valence-electron chi connectivity index (χ0n) is 6.98. The summed E-state index contributed by atoms with van der Waals surface area (Å²) in [5, 5.41) is 0. The van der Waals surface area contributed by atoms with Gasteiger partial charge >= 0.3 is 0 Å². The molecule has 0 bridgehead atoms. The summed E-state index contributed by atoms with van der Waals surface area (Å²) in [6.07, 6.45) is 2.79. The molecule has 0 aliphatic heterocycles. The third-order valence-electron chi connectivity index (χ3n) is 1.54. The lowest BCUT2D eigenvalue weighted by atomic mass is 10.1. The average molecular weight is 158 g/mol. The molecule has 0 aliphatic carbocycles. The molecular weight excluding hydrogens is 143 g/mol. The molecule has 0 aromatic rings. The molecule has 0 spiro atoms. The molecular formula is C9H15FO. The number of Topliss-reactive ketones (excluding diaryl/α,β-unsaturated/α-hetero) is 1. The van der Waals surface area contributed by atoms with Crippen LogP contribution in [0, 0.1) is 0 Å². The number of halogens is 1. The van der Waals surface area contributed by atoms with Crippen molar-refractivity contribution in [3.63, 3.8) is 0 Å². The van der Waals surface area contributed by atoms with Crippen molar-refractivity contribution < 1.29 is 9.18 Å². The van der Waals surface area contributed by atoms with Gasteiger partial charge in [-0.3, -0.25) is 4.79 Å². The van der Waals surface area contributed by atoms with Crippen molar-refractivity contribution in [2.24, 2.45) is 0 Å². The first-order valence-corrected chi connectivity index (χ1v) is 4.01. The Balaban J connectivity index is 3.44. The van der Waals surface area contributed by atoms with Crippen LogP contribution in [0.4, 0.5) is 4.39 Å². The van der Waals surface area contributed by atoms with E-state index in [4.69, 9.17) is 0 Å². The molecule has 0 aliphatic rings. The smallest absolute Gasteiger partial charge is 0.176 e. The largest absolute Gasteiger partial charge is 0.296 e. The van der Waals surface area contributed by atoms with Gasteiger partial charge in [0.05, 0.1) is 0 Å². The van der Waals surface area contributed by atoms with Gasteiger partial charge in [-0.2, -0.15) is 0 Å². The summed E-state index contributed by atoms with van der Waals surface area (Å²) < 4.78 is 12.5. The van der Waals surface area contributed by atoms with Crippen molar-refractivity contribution >= 4 is 5.78 Å². The number of allylic oxidation sites excluding steroid dienone is 1. The van der Waals surface area contributed by atoms with Gasteiger partial charge in [-0.05, 0) is 6.42 Å². The quantitative estimate of drug-likeness (QED) is 0.429. The van der Waals surface area contributed by atoms with Crippen molar-refractivity contribution in [2.75, 3.05) is 0 Å². The minimum atomic E-state index is -1.45. The average Bonchev–Trinajstić information content (AvgIpc) is 2.03. The van der Waals surface area contributed by atoms with Gasteiger partial charge in [-0.25, -0.2) is 4.39 Å². The lowest BCUT2D eigenvalue weighted by Crippen LogP contribution is -2.11. The second-order valence-electron chi connectivity index (χ2n) is 2.56. The van der Waals surface area contributed by atoms with E-state index < -0.39 is 6.17 Å². The summed E-state index contributed by atoms with van der Waals surface area (Å²) in [4.78, 5) is 10.8. The molecule has 0 saturated carbocycles. The van der Waals surface area contributed by atoms with E-state index in [1.165, 1.54) is 0 Å². The highest BCUT2D eigenvalue weighted by atomic mass is 19.1. The second-order valence-corrected chi connectivity index (χ2v) is 2.56. The van der Waals surface area contributed by atoms with E-state index in [0.29, 0.717) is 6.42 Å². The van der Waals surface area contributed by atoms with E-state index in [2.05, 4.69) is 6.58 Å². The van der Waals surface area contributed by atoms with E-state index in [0.717, 1.165) is 25.3 Å². The number of alkyl halides is 1. The highest BCUT2D eigenvalue weighted by Crippen LogP contribution is 2.04. The Morgan fingerprint density at radius 3 is 2.73 bits per heavy atom. The summed E-state index contributed by atoms with van der Waals surface area (Å²) in [6.45, 7) is 5.26. The maximum Gasteiger partial charge on any atom is 0.176 e. The van der Waals surface area contributed by atoms with Crippen LogP contribution in [0.2, 0.25) is 0 Å². The Morgan fingerprint density at radius 2 is 2.27 bits per heavy atom. The van der Waals surface area contributed by atoms with Crippen molar-refractivity contribution in [1.29, 1.82) is 0 Å². The summed E-state index contributed by atoms with van der Waals surface area (Å²) >= 11 is 0. The molecule has 0 heterocycles. The van der Waals surface area contributed by atoms with Gasteiger partial charge in [0.1, 0.15) is 0 Å². The summed E-state index contributed by atoms with van der Waals surface area (Å²) in [5.41, 5.74) is 0. The highest BCUT2D eigenvalue weighted by Gasteiger charge is 2.11. The van der Waals surface area contributed by atoms with Crippen LogP contribution >= 0.6 is 0 Å².